The lowest BCUT2D eigenvalue weighted by molar-refractivity contribution is 0.382. The van der Waals surface area contributed by atoms with Gasteiger partial charge in [-0.25, -0.2) is 30.4 Å². The highest BCUT2D eigenvalue weighted by Crippen LogP contribution is 2.27. The van der Waals surface area contributed by atoms with Crippen molar-refractivity contribution in [2.45, 2.75) is 0 Å². The van der Waals surface area contributed by atoms with Crippen LogP contribution in [0.2, 0.25) is 0 Å². The van der Waals surface area contributed by atoms with Crippen molar-refractivity contribution in [1.29, 1.82) is 5.26 Å². The highest BCUT2D eigenvalue weighted by Gasteiger charge is 2.28. The molecule has 0 fully saturated rings. The number of nitrogens with one attached hydrogen (secondary N) is 1. The van der Waals surface area contributed by atoms with Gasteiger partial charge in [0.1, 0.15) is 5.69 Å². The molecular weight excluding hydrogens is 283 g/mol. The van der Waals surface area contributed by atoms with Gasteiger partial charge in [0.2, 0.25) is 15.8 Å². The van der Waals surface area contributed by atoms with E-state index < -0.39 is 50.5 Å². The molecule has 1 N–H and O–H groups in total. The fourth-order valence-electron chi connectivity index (χ4n) is 0.971. The number of benzene rings is 1. The summed E-state index contributed by atoms with van der Waals surface area (Å²) < 4.78 is 87.2. The fraction of sp³-hybridized carbons (Fsp3) is 0.125. The van der Waals surface area contributed by atoms with Crippen LogP contribution in [0, 0.1) is 40.4 Å². The van der Waals surface area contributed by atoms with E-state index in [4.69, 9.17) is 5.26 Å². The highest BCUT2D eigenvalue weighted by atomic mass is 32.2. The van der Waals surface area contributed by atoms with E-state index in [0.717, 1.165) is 10.8 Å². The summed E-state index contributed by atoms with van der Waals surface area (Å²) in [7, 11) is -4.52. The molecule has 0 aliphatic rings. The van der Waals surface area contributed by atoms with Crippen LogP contribution in [-0.2, 0) is 10.0 Å². The zero-order valence-electron chi connectivity index (χ0n) is 8.27. The summed E-state index contributed by atoms with van der Waals surface area (Å²) in [6, 6.07) is 1.15. The summed E-state index contributed by atoms with van der Waals surface area (Å²) in [6.45, 7) is 0. The van der Waals surface area contributed by atoms with Gasteiger partial charge in [-0.1, -0.05) is 0 Å². The van der Waals surface area contributed by atoms with Crippen molar-refractivity contribution in [1.82, 2.24) is 0 Å². The monoisotopic (exact) mass is 286 g/mol. The molecule has 0 aromatic heterocycles. The van der Waals surface area contributed by atoms with Crippen molar-refractivity contribution in [3.63, 3.8) is 0 Å². The van der Waals surface area contributed by atoms with Crippen LogP contribution in [0.5, 0.6) is 0 Å². The van der Waals surface area contributed by atoms with Gasteiger partial charge in [0.15, 0.2) is 29.0 Å². The lowest BCUT2D eigenvalue weighted by Gasteiger charge is -2.09. The van der Waals surface area contributed by atoms with E-state index in [2.05, 4.69) is 0 Å². The first kappa shape index (κ1) is 14.2. The van der Waals surface area contributed by atoms with Crippen molar-refractivity contribution in [3.8, 4) is 6.07 Å². The summed E-state index contributed by atoms with van der Waals surface area (Å²) in [6.07, 6.45) is 0. The number of hydrogen-bond donors (Lipinski definition) is 1. The Hall–Kier alpha value is -1.89. The number of anilines is 1. The Balaban J connectivity index is 3.41. The summed E-state index contributed by atoms with van der Waals surface area (Å²) in [5.41, 5.74) is -1.72. The van der Waals surface area contributed by atoms with E-state index in [9.17, 15) is 30.4 Å². The van der Waals surface area contributed by atoms with Crippen LogP contribution < -0.4 is 4.72 Å². The van der Waals surface area contributed by atoms with Crippen molar-refractivity contribution in [2.24, 2.45) is 0 Å². The summed E-state index contributed by atoms with van der Waals surface area (Å²) in [5.74, 6) is -12.8. The van der Waals surface area contributed by atoms with E-state index in [0.29, 0.717) is 0 Å². The van der Waals surface area contributed by atoms with Gasteiger partial charge in [-0.05, 0) is 0 Å². The average Bonchev–Trinajstić information content (AvgIpc) is 2.30. The highest BCUT2D eigenvalue weighted by molar-refractivity contribution is 7.92. The van der Waals surface area contributed by atoms with Gasteiger partial charge >= 0.3 is 0 Å². The van der Waals surface area contributed by atoms with E-state index in [1.54, 1.807) is 0 Å². The maximum atomic E-state index is 13.0. The van der Waals surface area contributed by atoms with Crippen LogP contribution >= 0.6 is 0 Å². The number of rotatable bonds is 3. The minimum atomic E-state index is -4.52. The molecule has 0 aliphatic carbocycles. The maximum Gasteiger partial charge on any atom is 0.246 e. The Morgan fingerprint density at radius 1 is 0.944 bits per heavy atom. The molecule has 4 nitrogen and oxygen atoms in total. The van der Waals surface area contributed by atoms with E-state index in [1.807, 2.05) is 0 Å². The van der Waals surface area contributed by atoms with E-state index >= 15 is 0 Å². The molecule has 18 heavy (non-hydrogen) atoms. The number of sulfonamides is 1. The summed E-state index contributed by atoms with van der Waals surface area (Å²) in [5, 5.41) is 8.11. The molecule has 0 aliphatic heterocycles. The molecule has 0 spiro atoms. The van der Waals surface area contributed by atoms with Crippen molar-refractivity contribution in [3.05, 3.63) is 29.1 Å². The quantitative estimate of drug-likeness (QED) is 0.522. The zero-order valence-corrected chi connectivity index (χ0v) is 9.09. The van der Waals surface area contributed by atoms with Gasteiger partial charge in [-0.15, -0.1) is 0 Å². The third kappa shape index (κ3) is 2.51. The average molecular weight is 286 g/mol. The Bertz CT molecular complexity index is 609. The van der Waals surface area contributed by atoms with Crippen LogP contribution in [-0.4, -0.2) is 14.2 Å². The van der Waals surface area contributed by atoms with Gasteiger partial charge in [0, 0.05) is 0 Å². The summed E-state index contributed by atoms with van der Waals surface area (Å²) >= 11 is 0. The van der Waals surface area contributed by atoms with E-state index in [-0.39, 0.29) is 0 Å². The van der Waals surface area contributed by atoms with Gasteiger partial charge < -0.3 is 0 Å². The lowest BCUT2D eigenvalue weighted by Crippen LogP contribution is -2.19. The van der Waals surface area contributed by atoms with Gasteiger partial charge in [-0.3, -0.25) is 4.72 Å². The smallest absolute Gasteiger partial charge is 0.246 e. The third-order valence-electron chi connectivity index (χ3n) is 1.72. The van der Waals surface area contributed by atoms with Crippen LogP contribution in [0.4, 0.5) is 27.6 Å². The van der Waals surface area contributed by atoms with Crippen LogP contribution in [0.3, 0.4) is 0 Å². The number of halogens is 5. The van der Waals surface area contributed by atoms with Crippen molar-refractivity contribution < 1.29 is 30.4 Å². The normalized spacial score (nSPS) is 11.1. The first-order valence-electron chi connectivity index (χ1n) is 4.10. The third-order valence-corrected chi connectivity index (χ3v) is 2.75. The molecule has 1 rings (SSSR count). The predicted octanol–water partition coefficient (Wildman–Crippen LogP) is 1.65. The largest absolute Gasteiger partial charge is 0.277 e. The van der Waals surface area contributed by atoms with Crippen molar-refractivity contribution >= 4 is 15.7 Å². The molecular formula is C8H3F5N2O2S. The van der Waals surface area contributed by atoms with Crippen LogP contribution in [0.1, 0.15) is 0 Å². The number of nitrogens with zero attached hydrogens (tertiary/aromatic N) is 1. The molecule has 0 saturated carbocycles. The zero-order chi connectivity index (χ0) is 14.1. The Kier molecular flexibility index (Phi) is 3.76. The van der Waals surface area contributed by atoms with Gasteiger partial charge in [-0.2, -0.15) is 5.26 Å². The Morgan fingerprint density at radius 2 is 1.33 bits per heavy atom. The lowest BCUT2D eigenvalue weighted by atomic mass is 10.2. The first-order chi connectivity index (χ1) is 8.21. The van der Waals surface area contributed by atoms with E-state index in [1.165, 1.54) is 0 Å². The number of nitriles is 1. The molecule has 10 heteroatoms. The van der Waals surface area contributed by atoms with Crippen LogP contribution in [0.25, 0.3) is 0 Å². The molecule has 1 aromatic carbocycles. The minimum absolute atomic E-state index is 1.12. The second-order valence-electron chi connectivity index (χ2n) is 2.96. The Morgan fingerprint density at radius 3 is 1.72 bits per heavy atom. The second-order valence-corrected chi connectivity index (χ2v) is 4.69. The second kappa shape index (κ2) is 4.77. The van der Waals surface area contributed by atoms with Gasteiger partial charge in [0.25, 0.3) is 0 Å². The molecule has 0 bridgehead atoms. The molecule has 0 amide bonds. The van der Waals surface area contributed by atoms with Crippen LogP contribution in [0.15, 0.2) is 0 Å². The SMILES string of the molecule is N#CCS(=O)(=O)Nc1c(F)c(F)c(F)c(F)c1F. The molecule has 0 unspecified atom stereocenters. The van der Waals surface area contributed by atoms with Gasteiger partial charge in [0.05, 0.1) is 6.07 Å². The number of hydrogen-bond acceptors (Lipinski definition) is 3. The van der Waals surface area contributed by atoms with Crippen molar-refractivity contribution in [2.75, 3.05) is 10.5 Å². The fourth-order valence-corrected chi connectivity index (χ4v) is 1.70. The molecule has 0 atom stereocenters. The minimum Gasteiger partial charge on any atom is -0.277 e. The predicted molar refractivity (Wildman–Crippen MR) is 49.3 cm³/mol. The molecule has 0 saturated heterocycles. The summed E-state index contributed by atoms with van der Waals surface area (Å²) in [4.78, 5) is 0. The first-order valence-corrected chi connectivity index (χ1v) is 5.75. The maximum absolute atomic E-state index is 13.0. The molecule has 98 valence electrons. The standard InChI is InChI=1S/C8H3F5N2O2S/c9-3-4(10)6(12)8(7(13)5(3)11)15-18(16,17)2-1-14/h15H,2H2. The molecule has 0 heterocycles. The molecule has 0 radical (unpaired) electrons. The molecule has 1 aromatic rings. The topological polar surface area (TPSA) is 70.0 Å². The Labute approximate surface area is 97.7 Å².